The van der Waals surface area contributed by atoms with Gasteiger partial charge in [0.1, 0.15) is 5.82 Å². The van der Waals surface area contributed by atoms with Gasteiger partial charge in [0.05, 0.1) is 12.5 Å². The second-order valence-electron chi connectivity index (χ2n) is 3.11. The van der Waals surface area contributed by atoms with Gasteiger partial charge in [0.15, 0.2) is 0 Å². The Morgan fingerprint density at radius 1 is 1.75 bits per heavy atom. The van der Waals surface area contributed by atoms with Gasteiger partial charge < -0.3 is 10.3 Å². The normalized spacial score (nSPS) is 10.2. The van der Waals surface area contributed by atoms with Crippen LogP contribution < -0.4 is 5.32 Å². The van der Waals surface area contributed by atoms with Crippen LogP contribution in [0.1, 0.15) is 20.3 Å². The fourth-order valence-corrected chi connectivity index (χ4v) is 0.896. The number of nitrogens with one attached hydrogen (secondary N) is 2. The number of imidazole rings is 1. The second kappa shape index (κ2) is 3.90. The standard InChI is InChI=1S/C8H13N3O/c1-6(2)3-8(12)11-7-4-9-5-10-7/h4-6H,3H2,1-2H3,(H,9,10)(H,11,12). The van der Waals surface area contributed by atoms with Gasteiger partial charge in [-0.2, -0.15) is 0 Å². The summed E-state index contributed by atoms with van der Waals surface area (Å²) in [4.78, 5) is 17.7. The number of hydrogen-bond acceptors (Lipinski definition) is 2. The third kappa shape index (κ3) is 2.74. The van der Waals surface area contributed by atoms with Gasteiger partial charge in [0.2, 0.25) is 5.91 Å². The summed E-state index contributed by atoms with van der Waals surface area (Å²) in [6, 6.07) is 0. The molecule has 0 spiro atoms. The van der Waals surface area contributed by atoms with Gasteiger partial charge in [-0.05, 0) is 5.92 Å². The number of anilines is 1. The largest absolute Gasteiger partial charge is 0.331 e. The molecule has 0 aliphatic rings. The third-order valence-electron chi connectivity index (χ3n) is 1.37. The highest BCUT2D eigenvalue weighted by molar-refractivity contribution is 5.89. The Morgan fingerprint density at radius 2 is 2.50 bits per heavy atom. The van der Waals surface area contributed by atoms with Gasteiger partial charge in [-0.15, -0.1) is 0 Å². The molecule has 1 aromatic rings. The molecule has 1 amide bonds. The monoisotopic (exact) mass is 167 g/mol. The first-order valence-corrected chi connectivity index (χ1v) is 3.96. The fraction of sp³-hybridized carbons (Fsp3) is 0.500. The van der Waals surface area contributed by atoms with E-state index in [0.29, 0.717) is 18.2 Å². The van der Waals surface area contributed by atoms with Crippen LogP contribution in [-0.2, 0) is 4.79 Å². The van der Waals surface area contributed by atoms with Crippen molar-refractivity contribution >= 4 is 11.7 Å². The number of carbonyl (C=O) groups is 1. The zero-order valence-corrected chi connectivity index (χ0v) is 7.29. The number of aromatic nitrogens is 2. The highest BCUT2D eigenvalue weighted by Crippen LogP contribution is 2.03. The summed E-state index contributed by atoms with van der Waals surface area (Å²) in [5, 5.41) is 2.70. The minimum Gasteiger partial charge on any atom is -0.331 e. The molecule has 4 heteroatoms. The van der Waals surface area contributed by atoms with E-state index < -0.39 is 0 Å². The van der Waals surface area contributed by atoms with E-state index in [9.17, 15) is 4.79 Å². The number of nitrogens with zero attached hydrogens (tertiary/aromatic N) is 1. The molecule has 0 atom stereocenters. The number of H-pyrrole nitrogens is 1. The number of aromatic amines is 1. The van der Waals surface area contributed by atoms with Gasteiger partial charge in [0.25, 0.3) is 0 Å². The molecule has 0 saturated heterocycles. The van der Waals surface area contributed by atoms with E-state index in [1.165, 1.54) is 6.33 Å². The van der Waals surface area contributed by atoms with Crippen molar-refractivity contribution in [2.75, 3.05) is 5.32 Å². The smallest absolute Gasteiger partial charge is 0.225 e. The Balaban J connectivity index is 2.37. The Kier molecular flexibility index (Phi) is 2.85. The van der Waals surface area contributed by atoms with Crippen LogP contribution in [0.5, 0.6) is 0 Å². The molecule has 1 rings (SSSR count). The summed E-state index contributed by atoms with van der Waals surface area (Å²) in [5.41, 5.74) is 0. The number of rotatable bonds is 3. The van der Waals surface area contributed by atoms with Crippen molar-refractivity contribution in [3.63, 3.8) is 0 Å². The molecule has 0 radical (unpaired) electrons. The number of carbonyl (C=O) groups excluding carboxylic acids is 1. The van der Waals surface area contributed by atoms with Crippen molar-refractivity contribution in [3.8, 4) is 0 Å². The quantitative estimate of drug-likeness (QED) is 0.714. The lowest BCUT2D eigenvalue weighted by atomic mass is 10.1. The van der Waals surface area contributed by atoms with Crippen molar-refractivity contribution in [1.82, 2.24) is 9.97 Å². The lowest BCUT2D eigenvalue weighted by Gasteiger charge is -2.03. The molecule has 1 aromatic heterocycles. The van der Waals surface area contributed by atoms with Gasteiger partial charge in [0, 0.05) is 6.42 Å². The minimum atomic E-state index is 0.0225. The van der Waals surface area contributed by atoms with Crippen molar-refractivity contribution in [2.24, 2.45) is 5.92 Å². The predicted molar refractivity (Wildman–Crippen MR) is 46.7 cm³/mol. The van der Waals surface area contributed by atoms with Crippen molar-refractivity contribution in [1.29, 1.82) is 0 Å². The Labute approximate surface area is 71.4 Å². The second-order valence-corrected chi connectivity index (χ2v) is 3.11. The zero-order chi connectivity index (χ0) is 8.97. The predicted octanol–water partition coefficient (Wildman–Crippen LogP) is 1.39. The SMILES string of the molecule is CC(C)CC(=O)Nc1cnc[nH]1. The lowest BCUT2D eigenvalue weighted by molar-refractivity contribution is -0.116. The highest BCUT2D eigenvalue weighted by Gasteiger charge is 2.04. The molecule has 0 saturated carbocycles. The molecular weight excluding hydrogens is 154 g/mol. The molecule has 1 heterocycles. The molecular formula is C8H13N3O. The van der Waals surface area contributed by atoms with E-state index in [0.717, 1.165) is 0 Å². The molecule has 0 unspecified atom stereocenters. The summed E-state index contributed by atoms with van der Waals surface area (Å²) in [5.74, 6) is 1.06. The van der Waals surface area contributed by atoms with E-state index in [1.807, 2.05) is 13.8 Å². The van der Waals surface area contributed by atoms with Crippen LogP contribution in [-0.4, -0.2) is 15.9 Å². The van der Waals surface area contributed by atoms with E-state index in [1.54, 1.807) is 6.20 Å². The first-order valence-electron chi connectivity index (χ1n) is 3.96. The van der Waals surface area contributed by atoms with Crippen LogP contribution >= 0.6 is 0 Å². The summed E-state index contributed by atoms with van der Waals surface area (Å²) < 4.78 is 0. The molecule has 0 bridgehead atoms. The lowest BCUT2D eigenvalue weighted by Crippen LogP contribution is -2.13. The summed E-state index contributed by atoms with van der Waals surface area (Å²) in [6.45, 7) is 4.01. The van der Waals surface area contributed by atoms with Crippen molar-refractivity contribution < 1.29 is 4.79 Å². The fourth-order valence-electron chi connectivity index (χ4n) is 0.896. The van der Waals surface area contributed by atoms with Crippen LogP contribution in [0.15, 0.2) is 12.5 Å². The third-order valence-corrected chi connectivity index (χ3v) is 1.37. The van der Waals surface area contributed by atoms with Crippen LogP contribution in [0.3, 0.4) is 0 Å². The van der Waals surface area contributed by atoms with E-state index >= 15 is 0 Å². The average molecular weight is 167 g/mol. The van der Waals surface area contributed by atoms with E-state index in [-0.39, 0.29) is 5.91 Å². The topological polar surface area (TPSA) is 57.8 Å². The minimum absolute atomic E-state index is 0.0225. The van der Waals surface area contributed by atoms with Crippen LogP contribution in [0.2, 0.25) is 0 Å². The molecule has 0 fully saturated rings. The van der Waals surface area contributed by atoms with Gasteiger partial charge in [-0.25, -0.2) is 4.98 Å². The Bertz CT molecular complexity index is 241. The van der Waals surface area contributed by atoms with Crippen molar-refractivity contribution in [2.45, 2.75) is 20.3 Å². The maximum Gasteiger partial charge on any atom is 0.225 e. The average Bonchev–Trinajstić information content (AvgIpc) is 2.37. The Hall–Kier alpha value is -1.32. The first-order chi connectivity index (χ1) is 5.68. The maximum atomic E-state index is 11.2. The summed E-state index contributed by atoms with van der Waals surface area (Å²) in [7, 11) is 0. The number of hydrogen-bond donors (Lipinski definition) is 2. The van der Waals surface area contributed by atoms with Crippen molar-refractivity contribution in [3.05, 3.63) is 12.5 Å². The van der Waals surface area contributed by atoms with Gasteiger partial charge in [-0.1, -0.05) is 13.8 Å². The first kappa shape index (κ1) is 8.77. The molecule has 2 N–H and O–H groups in total. The molecule has 4 nitrogen and oxygen atoms in total. The van der Waals surface area contributed by atoms with Gasteiger partial charge >= 0.3 is 0 Å². The molecule has 12 heavy (non-hydrogen) atoms. The molecule has 0 aliphatic heterocycles. The molecule has 66 valence electrons. The zero-order valence-electron chi connectivity index (χ0n) is 7.29. The summed E-state index contributed by atoms with van der Waals surface area (Å²) in [6.07, 6.45) is 3.65. The highest BCUT2D eigenvalue weighted by atomic mass is 16.1. The van der Waals surface area contributed by atoms with Crippen LogP contribution in [0, 0.1) is 5.92 Å². The molecule has 0 aromatic carbocycles. The van der Waals surface area contributed by atoms with Gasteiger partial charge in [-0.3, -0.25) is 4.79 Å². The van der Waals surface area contributed by atoms with Crippen LogP contribution in [0.25, 0.3) is 0 Å². The molecule has 0 aliphatic carbocycles. The van der Waals surface area contributed by atoms with E-state index in [4.69, 9.17) is 0 Å². The Morgan fingerprint density at radius 3 is 3.00 bits per heavy atom. The van der Waals surface area contributed by atoms with Crippen LogP contribution in [0.4, 0.5) is 5.82 Å². The number of amides is 1. The summed E-state index contributed by atoms with van der Waals surface area (Å²) >= 11 is 0. The maximum absolute atomic E-state index is 11.2. The van der Waals surface area contributed by atoms with E-state index in [2.05, 4.69) is 15.3 Å².